The summed E-state index contributed by atoms with van der Waals surface area (Å²) in [5.74, 6) is -3.19. The third kappa shape index (κ3) is 18.2. The molecule has 2 amide bonds. The highest BCUT2D eigenvalue weighted by Crippen LogP contribution is 2.44. The molecule has 14 nitrogen and oxygen atoms in total. The Balaban J connectivity index is 0.000000150. The summed E-state index contributed by atoms with van der Waals surface area (Å²) in [5.41, 5.74) is 14.2. The van der Waals surface area contributed by atoms with Gasteiger partial charge in [0.25, 0.3) is 11.8 Å². The number of anilines is 7. The van der Waals surface area contributed by atoms with Crippen molar-refractivity contribution >= 4 is 167 Å². The van der Waals surface area contributed by atoms with Gasteiger partial charge in [0, 0.05) is 46.6 Å². The van der Waals surface area contributed by atoms with Crippen LogP contribution < -0.4 is 20.9 Å². The molecule has 4 aromatic heterocycles. The van der Waals surface area contributed by atoms with Gasteiger partial charge in [-0.2, -0.15) is 0 Å². The van der Waals surface area contributed by atoms with Crippen molar-refractivity contribution in [2.45, 2.75) is 0 Å². The van der Waals surface area contributed by atoms with Crippen molar-refractivity contribution in [3.63, 3.8) is 0 Å². The molecule has 0 bridgehead atoms. The van der Waals surface area contributed by atoms with E-state index in [2.05, 4.69) is 10.1 Å². The van der Waals surface area contributed by atoms with Crippen LogP contribution in [0.5, 0.6) is 0 Å². The molecule has 0 unspecified atom stereocenters. The summed E-state index contributed by atoms with van der Waals surface area (Å²) >= 11 is 29.8. The zero-order valence-corrected chi connectivity index (χ0v) is 60.0. The summed E-state index contributed by atoms with van der Waals surface area (Å²) in [6.07, 6.45) is 0. The van der Waals surface area contributed by atoms with Gasteiger partial charge in [-0.1, -0.05) is 222 Å². The fourth-order valence-corrected chi connectivity index (χ4v) is 15.1. The van der Waals surface area contributed by atoms with Crippen LogP contribution in [0, 0.1) is 0 Å². The molecule has 4 heterocycles. The van der Waals surface area contributed by atoms with Crippen molar-refractivity contribution in [1.82, 2.24) is 0 Å². The van der Waals surface area contributed by atoms with E-state index in [9.17, 15) is 33.9 Å². The van der Waals surface area contributed by atoms with E-state index in [1.54, 1.807) is 66.7 Å². The maximum absolute atomic E-state index is 13.7. The molecule has 13 rings (SSSR count). The summed E-state index contributed by atoms with van der Waals surface area (Å²) in [7, 11) is 4.07. The molecule has 506 valence electrons. The molecule has 0 saturated carbocycles. The number of methoxy groups -OCH3 is 3. The molecule has 4 N–H and O–H groups in total. The summed E-state index contributed by atoms with van der Waals surface area (Å²) in [4.78, 5) is 83.4. The largest absolute Gasteiger partial charge is 0.477 e. The molecule has 0 fully saturated rings. The molecular weight excluding hydrogens is 1430 g/mol. The minimum Gasteiger partial charge on any atom is -0.477 e. The minimum absolute atomic E-state index is 0.0566. The first kappa shape index (κ1) is 73.1. The summed E-state index contributed by atoms with van der Waals surface area (Å²) < 4.78 is 14.6. The number of nitrogens with zero attached hydrogens (tertiary/aromatic N) is 2. The number of amides is 2. The van der Waals surface area contributed by atoms with Crippen LogP contribution in [-0.4, -0.2) is 62.1 Å². The highest BCUT2D eigenvalue weighted by Gasteiger charge is 2.31. The number of aromatic carboxylic acids is 1. The Bertz CT molecular complexity index is 5030. The van der Waals surface area contributed by atoms with E-state index < -0.39 is 17.8 Å². The lowest BCUT2D eigenvalue weighted by atomic mass is 10.1. The zero-order chi connectivity index (χ0) is 71.5. The average Bonchev–Trinajstić information content (AvgIpc) is 1.68. The quantitative estimate of drug-likeness (QED) is 0.0613. The Morgan fingerprint density at radius 3 is 1.08 bits per heavy atom. The third-order valence-corrected chi connectivity index (χ3v) is 20.5. The Morgan fingerprint density at radius 1 is 0.376 bits per heavy atom. The van der Waals surface area contributed by atoms with Gasteiger partial charge in [-0.05, 0) is 119 Å². The maximum atomic E-state index is 13.7. The SMILES string of the molecule is COC(=O)c1sc(-c2ccccc2)cc1N.COC(=O)c1sc(-c2ccccc2)cc1N(C(=O)c1ccc(Cl)cc1Cl)c1ccccc1.COC(=O)c1sc(-c2ccccc2)cc1Nc1ccccc1.O=C(O)c1sc(-c2ccccc2)cc1N(C(=O)c1ccc(Cl)cc1Cl)c1ccccc1. The summed E-state index contributed by atoms with van der Waals surface area (Å²) in [5, 5.41) is 14.4. The number of nitrogen functional groups attached to an aromatic ring is 1. The number of carboxylic acids is 1. The van der Waals surface area contributed by atoms with E-state index in [1.807, 2.05) is 188 Å². The van der Waals surface area contributed by atoms with Gasteiger partial charge in [0.2, 0.25) is 0 Å². The number of carboxylic acid groups (broad SMARTS) is 1. The van der Waals surface area contributed by atoms with E-state index in [0.29, 0.717) is 47.4 Å². The number of thiophene rings is 4. The van der Waals surface area contributed by atoms with Crippen molar-refractivity contribution in [1.29, 1.82) is 0 Å². The molecule has 22 heteroatoms. The van der Waals surface area contributed by atoms with Crippen molar-refractivity contribution in [3.05, 3.63) is 324 Å². The maximum Gasteiger partial charge on any atom is 0.350 e. The Kier molecular flexibility index (Phi) is 25.3. The van der Waals surface area contributed by atoms with E-state index in [4.69, 9.17) is 61.6 Å². The van der Waals surface area contributed by atoms with Gasteiger partial charge >= 0.3 is 23.9 Å². The van der Waals surface area contributed by atoms with E-state index in [1.165, 1.54) is 83.3 Å². The molecular formula is C79H58Cl4N4O10S4. The lowest BCUT2D eigenvalue weighted by molar-refractivity contribution is 0.0598. The van der Waals surface area contributed by atoms with Gasteiger partial charge < -0.3 is 30.4 Å². The molecule has 101 heavy (non-hydrogen) atoms. The van der Waals surface area contributed by atoms with Crippen molar-refractivity contribution in [3.8, 4) is 41.8 Å². The fourth-order valence-electron chi connectivity index (χ4n) is 9.98. The van der Waals surface area contributed by atoms with Crippen LogP contribution in [0.4, 0.5) is 39.8 Å². The van der Waals surface area contributed by atoms with Gasteiger partial charge in [-0.3, -0.25) is 19.4 Å². The topological polar surface area (TPSA) is 195 Å². The summed E-state index contributed by atoms with van der Waals surface area (Å²) in [6.45, 7) is 0. The molecule has 0 aliphatic carbocycles. The van der Waals surface area contributed by atoms with Crippen LogP contribution in [0.1, 0.15) is 59.4 Å². The molecule has 0 saturated heterocycles. The van der Waals surface area contributed by atoms with Gasteiger partial charge in [0.1, 0.15) is 19.5 Å². The number of nitrogens with two attached hydrogens (primary N) is 1. The van der Waals surface area contributed by atoms with Crippen LogP contribution in [-0.2, 0) is 14.2 Å². The Morgan fingerprint density at radius 2 is 0.693 bits per heavy atom. The first-order chi connectivity index (χ1) is 48.9. The number of nitrogens with one attached hydrogen (secondary N) is 1. The van der Waals surface area contributed by atoms with Gasteiger partial charge in [-0.25, -0.2) is 19.2 Å². The Hall–Kier alpha value is -10.6. The van der Waals surface area contributed by atoms with Crippen LogP contribution in [0.2, 0.25) is 20.1 Å². The smallest absolute Gasteiger partial charge is 0.350 e. The third-order valence-electron chi connectivity index (χ3n) is 14.8. The van der Waals surface area contributed by atoms with Crippen LogP contribution >= 0.6 is 91.8 Å². The Labute approximate surface area is 618 Å². The van der Waals surface area contributed by atoms with Crippen molar-refractivity contribution in [2.75, 3.05) is 42.2 Å². The molecule has 0 aliphatic rings. The lowest BCUT2D eigenvalue weighted by Crippen LogP contribution is -2.27. The molecule has 9 aromatic carbocycles. The van der Waals surface area contributed by atoms with Crippen LogP contribution in [0.3, 0.4) is 0 Å². The van der Waals surface area contributed by atoms with E-state index in [-0.39, 0.29) is 49.6 Å². The number of ether oxygens (including phenoxy) is 3. The van der Waals surface area contributed by atoms with Crippen LogP contribution in [0.25, 0.3) is 41.8 Å². The second-order valence-electron chi connectivity index (χ2n) is 21.3. The lowest BCUT2D eigenvalue weighted by Gasteiger charge is -2.23. The fraction of sp³-hybridized carbons (Fsp3) is 0.0380. The number of rotatable bonds is 16. The number of benzene rings is 9. The highest BCUT2D eigenvalue weighted by molar-refractivity contribution is 7.19. The van der Waals surface area contributed by atoms with Gasteiger partial charge in [0.05, 0.1) is 65.3 Å². The second-order valence-corrected chi connectivity index (χ2v) is 27.2. The second kappa shape index (κ2) is 34.9. The molecule has 0 spiro atoms. The van der Waals surface area contributed by atoms with Gasteiger partial charge in [0.15, 0.2) is 0 Å². The van der Waals surface area contributed by atoms with Crippen molar-refractivity contribution < 1.29 is 48.1 Å². The standard InChI is InChI=1S/C25H17Cl2NO3S.C24H15Cl2NO3S.C18H15NO2S.C12H11NO2S/c1-31-25(30)23-21(15-22(32-23)16-8-4-2-5-9-16)28(18-10-6-3-7-11-18)24(29)19-13-12-17(26)14-20(19)27;25-16-11-12-18(19(26)13-16)23(28)27(17-9-5-2-6-10-17)20-14-21(31-22(20)24(29)30)15-7-3-1-4-8-15;1-21-18(20)17-15(19-14-10-6-3-7-11-14)12-16(22-17)13-8-4-2-5-9-13;1-15-12(14)11-9(13)7-10(16-11)8-5-3-2-4-6-8/h2-15H,1H3;1-14H,(H,29,30);2-12,19H,1H3;2-7H,13H2,1H3. The first-order valence-corrected chi connectivity index (χ1v) is 35.2. The highest BCUT2D eigenvalue weighted by atomic mass is 35.5. The number of hydrogen-bond donors (Lipinski definition) is 3. The number of hydrogen-bond acceptors (Lipinski definition) is 15. The monoisotopic (exact) mass is 1490 g/mol. The number of para-hydroxylation sites is 3. The van der Waals surface area contributed by atoms with E-state index in [0.717, 1.165) is 64.5 Å². The van der Waals surface area contributed by atoms with Gasteiger partial charge in [-0.15, -0.1) is 45.3 Å². The normalized spacial score (nSPS) is 10.4. The molecule has 13 aromatic rings. The average molecular weight is 1490 g/mol. The van der Waals surface area contributed by atoms with Crippen molar-refractivity contribution in [2.24, 2.45) is 0 Å². The van der Waals surface area contributed by atoms with Crippen LogP contribution in [0.15, 0.2) is 273 Å². The number of carbonyl (C=O) groups excluding carboxylic acids is 5. The van der Waals surface area contributed by atoms with E-state index >= 15 is 0 Å². The first-order valence-electron chi connectivity index (χ1n) is 30.5. The summed E-state index contributed by atoms with van der Waals surface area (Å²) in [6, 6.07) is 83.2. The number of esters is 3. The number of carbonyl (C=O) groups is 6. The molecule has 0 atom stereocenters. The predicted molar refractivity (Wildman–Crippen MR) is 413 cm³/mol. The minimum atomic E-state index is -1.11. The molecule has 0 radical (unpaired) electrons. The predicted octanol–water partition coefficient (Wildman–Crippen LogP) is 22.6. The number of halogens is 4. The zero-order valence-electron chi connectivity index (χ0n) is 53.7. The molecule has 0 aliphatic heterocycles.